The first-order valence-corrected chi connectivity index (χ1v) is 10.3. The lowest BCUT2D eigenvalue weighted by Gasteiger charge is -2.17. The fourth-order valence-corrected chi connectivity index (χ4v) is 3.75. The summed E-state index contributed by atoms with van der Waals surface area (Å²) in [7, 11) is 0. The summed E-state index contributed by atoms with van der Waals surface area (Å²) >= 11 is 7.12. The van der Waals surface area contributed by atoms with E-state index in [0.29, 0.717) is 27.5 Å². The minimum atomic E-state index is -3.17. The standard InChI is InChI=1S/C19H13ClF4N4O3S/c20-10-1-3-11(4-2-10)29-8-16-25-26-19-28(16)27-14(9-32-19)13-6-5-12(30-17(21)22)7-15(13)31-18(23)24/h1-7,17-18H,8-9H2. The largest absolute Gasteiger partial charge is 0.486 e. The summed E-state index contributed by atoms with van der Waals surface area (Å²) in [6, 6.07) is 10.2. The number of alkyl halides is 4. The fourth-order valence-electron chi connectivity index (χ4n) is 2.78. The van der Waals surface area contributed by atoms with Crippen molar-refractivity contribution in [2.24, 2.45) is 5.10 Å². The number of rotatable bonds is 8. The molecule has 168 valence electrons. The first kappa shape index (κ1) is 22.2. The molecule has 0 radical (unpaired) electrons. The molecular formula is C19H13ClF4N4O3S. The van der Waals surface area contributed by atoms with Crippen LogP contribution in [0.5, 0.6) is 17.2 Å². The highest BCUT2D eigenvalue weighted by molar-refractivity contribution is 7.99. The van der Waals surface area contributed by atoms with E-state index in [1.807, 2.05) is 0 Å². The van der Waals surface area contributed by atoms with Gasteiger partial charge in [0.1, 0.15) is 23.9 Å². The molecule has 7 nitrogen and oxygen atoms in total. The van der Waals surface area contributed by atoms with Gasteiger partial charge >= 0.3 is 13.2 Å². The predicted molar refractivity (Wildman–Crippen MR) is 108 cm³/mol. The molecule has 0 bridgehead atoms. The Morgan fingerprint density at radius 1 is 0.969 bits per heavy atom. The molecule has 0 spiro atoms. The van der Waals surface area contributed by atoms with E-state index in [1.165, 1.54) is 28.6 Å². The molecule has 1 aromatic heterocycles. The summed E-state index contributed by atoms with van der Waals surface area (Å²) in [5.41, 5.74) is 0.553. The molecular weight excluding hydrogens is 476 g/mol. The number of hydrogen-bond acceptors (Lipinski definition) is 7. The molecule has 32 heavy (non-hydrogen) atoms. The summed E-state index contributed by atoms with van der Waals surface area (Å²) in [5, 5.41) is 13.6. The minimum absolute atomic E-state index is 0.0352. The van der Waals surface area contributed by atoms with Crippen molar-refractivity contribution in [3.05, 3.63) is 58.9 Å². The van der Waals surface area contributed by atoms with Crippen LogP contribution < -0.4 is 14.2 Å². The molecule has 0 fully saturated rings. The molecule has 0 unspecified atom stereocenters. The second kappa shape index (κ2) is 9.65. The van der Waals surface area contributed by atoms with E-state index < -0.39 is 13.2 Å². The summed E-state index contributed by atoms with van der Waals surface area (Å²) < 4.78 is 66.6. The maximum absolute atomic E-state index is 12.9. The van der Waals surface area contributed by atoms with Crippen LogP contribution in [0.3, 0.4) is 0 Å². The second-order valence-corrected chi connectivity index (χ2v) is 7.58. The Morgan fingerprint density at radius 2 is 1.69 bits per heavy atom. The lowest BCUT2D eigenvalue weighted by Crippen LogP contribution is -2.17. The van der Waals surface area contributed by atoms with E-state index in [-0.39, 0.29) is 29.4 Å². The van der Waals surface area contributed by atoms with Crippen molar-refractivity contribution < 1.29 is 31.8 Å². The van der Waals surface area contributed by atoms with Crippen molar-refractivity contribution in [3.8, 4) is 17.2 Å². The van der Waals surface area contributed by atoms with Gasteiger partial charge in [-0.3, -0.25) is 0 Å². The number of fused-ring (bicyclic) bond motifs is 1. The smallest absolute Gasteiger partial charge is 0.387 e. The fraction of sp³-hybridized carbons (Fsp3) is 0.211. The van der Waals surface area contributed by atoms with Gasteiger partial charge in [0.15, 0.2) is 5.82 Å². The van der Waals surface area contributed by atoms with Crippen LogP contribution in [0.4, 0.5) is 17.6 Å². The monoisotopic (exact) mass is 488 g/mol. The third-order valence-corrected chi connectivity index (χ3v) is 5.30. The summed E-state index contributed by atoms with van der Waals surface area (Å²) in [5.74, 6) is 0.541. The van der Waals surface area contributed by atoms with Crippen LogP contribution in [0.25, 0.3) is 0 Å². The maximum Gasteiger partial charge on any atom is 0.387 e. The van der Waals surface area contributed by atoms with Gasteiger partial charge in [0.25, 0.3) is 0 Å². The van der Waals surface area contributed by atoms with Crippen LogP contribution >= 0.6 is 23.4 Å². The summed E-state index contributed by atoms with van der Waals surface area (Å²) in [6.45, 7) is -6.24. The number of benzene rings is 2. The highest BCUT2D eigenvalue weighted by Crippen LogP contribution is 2.32. The number of nitrogens with zero attached hydrogens (tertiary/aromatic N) is 4. The number of hydrogen-bond donors (Lipinski definition) is 0. The van der Waals surface area contributed by atoms with Crippen molar-refractivity contribution >= 4 is 29.1 Å². The third kappa shape index (κ3) is 5.25. The van der Waals surface area contributed by atoms with E-state index in [0.717, 1.165) is 6.07 Å². The Balaban J connectivity index is 1.61. The minimum Gasteiger partial charge on any atom is -0.486 e. The lowest BCUT2D eigenvalue weighted by molar-refractivity contribution is -0.0543. The number of thioether (sulfide) groups is 1. The Hall–Kier alpha value is -2.99. The van der Waals surface area contributed by atoms with Gasteiger partial charge in [0.05, 0.1) is 5.71 Å². The molecule has 13 heteroatoms. The highest BCUT2D eigenvalue weighted by Gasteiger charge is 2.24. The van der Waals surface area contributed by atoms with E-state index in [4.69, 9.17) is 16.3 Å². The molecule has 0 aliphatic carbocycles. The number of halogens is 5. The zero-order chi connectivity index (χ0) is 22.7. The average molecular weight is 489 g/mol. The van der Waals surface area contributed by atoms with Crippen LogP contribution in [0.2, 0.25) is 5.02 Å². The van der Waals surface area contributed by atoms with Gasteiger partial charge in [0, 0.05) is 22.4 Å². The van der Waals surface area contributed by atoms with E-state index in [2.05, 4.69) is 24.8 Å². The Morgan fingerprint density at radius 3 is 2.41 bits per heavy atom. The normalized spacial score (nSPS) is 13.2. The molecule has 1 aliphatic rings. The molecule has 1 aliphatic heterocycles. The topological polar surface area (TPSA) is 70.8 Å². The van der Waals surface area contributed by atoms with Crippen LogP contribution in [0.15, 0.2) is 52.7 Å². The van der Waals surface area contributed by atoms with E-state index in [1.54, 1.807) is 24.3 Å². The van der Waals surface area contributed by atoms with Crippen LogP contribution in [-0.2, 0) is 6.61 Å². The van der Waals surface area contributed by atoms with Crippen molar-refractivity contribution in [3.63, 3.8) is 0 Å². The maximum atomic E-state index is 12.9. The van der Waals surface area contributed by atoms with Crippen molar-refractivity contribution in [1.29, 1.82) is 0 Å². The van der Waals surface area contributed by atoms with Gasteiger partial charge in [-0.1, -0.05) is 23.4 Å². The molecule has 0 N–H and O–H groups in total. The third-order valence-electron chi connectivity index (χ3n) is 4.12. The zero-order valence-electron chi connectivity index (χ0n) is 15.9. The Bertz CT molecular complexity index is 1130. The van der Waals surface area contributed by atoms with Crippen LogP contribution in [-0.4, -0.2) is 39.6 Å². The Labute approximate surface area is 187 Å². The van der Waals surface area contributed by atoms with Crippen molar-refractivity contribution in [1.82, 2.24) is 14.9 Å². The average Bonchev–Trinajstić information content (AvgIpc) is 3.15. The van der Waals surface area contributed by atoms with Gasteiger partial charge < -0.3 is 14.2 Å². The lowest BCUT2D eigenvalue weighted by atomic mass is 10.1. The molecule has 0 amide bonds. The zero-order valence-corrected chi connectivity index (χ0v) is 17.5. The SMILES string of the molecule is FC(F)Oc1ccc(C2=Nn3c(COc4ccc(Cl)cc4)nnc3SC2)c(OC(F)F)c1. The predicted octanol–water partition coefficient (Wildman–Crippen LogP) is 5.07. The summed E-state index contributed by atoms with van der Waals surface area (Å²) in [4.78, 5) is 0. The second-order valence-electron chi connectivity index (χ2n) is 6.20. The van der Waals surface area contributed by atoms with Gasteiger partial charge in [-0.05, 0) is 36.4 Å². The number of aromatic nitrogens is 3. The molecule has 4 rings (SSSR count). The van der Waals surface area contributed by atoms with Gasteiger partial charge in [-0.2, -0.15) is 27.3 Å². The molecule has 2 aromatic carbocycles. The first-order chi connectivity index (χ1) is 15.4. The molecule has 2 heterocycles. The summed E-state index contributed by atoms with van der Waals surface area (Å²) in [6.07, 6.45) is 0. The van der Waals surface area contributed by atoms with Gasteiger partial charge in [0.2, 0.25) is 5.16 Å². The Kier molecular flexibility index (Phi) is 6.70. The highest BCUT2D eigenvalue weighted by atomic mass is 35.5. The quantitative estimate of drug-likeness (QED) is 0.412. The van der Waals surface area contributed by atoms with Gasteiger partial charge in [-0.15, -0.1) is 10.2 Å². The molecule has 0 atom stereocenters. The first-order valence-electron chi connectivity index (χ1n) is 8.96. The molecule has 0 saturated heterocycles. The molecule has 3 aromatic rings. The van der Waals surface area contributed by atoms with Crippen LogP contribution in [0.1, 0.15) is 11.4 Å². The number of ether oxygens (including phenoxy) is 3. The van der Waals surface area contributed by atoms with E-state index >= 15 is 0 Å². The molecule has 0 saturated carbocycles. The van der Waals surface area contributed by atoms with Crippen LogP contribution in [0, 0.1) is 0 Å². The van der Waals surface area contributed by atoms with Crippen molar-refractivity contribution in [2.45, 2.75) is 25.0 Å². The van der Waals surface area contributed by atoms with Crippen molar-refractivity contribution in [2.75, 3.05) is 5.75 Å². The van der Waals surface area contributed by atoms with E-state index in [9.17, 15) is 17.6 Å². The van der Waals surface area contributed by atoms with Gasteiger partial charge in [-0.25, -0.2) is 0 Å².